The van der Waals surface area contributed by atoms with Gasteiger partial charge in [0.25, 0.3) is 0 Å². The van der Waals surface area contributed by atoms with E-state index in [1.807, 2.05) is 0 Å². The second-order valence-electron chi connectivity index (χ2n) is 7.01. The zero-order valence-corrected chi connectivity index (χ0v) is 16.9. The molecule has 1 aliphatic rings. The van der Waals surface area contributed by atoms with Gasteiger partial charge in [-0.25, -0.2) is 17.5 Å². The number of hydrogen-bond donors (Lipinski definition) is 1. The van der Waals surface area contributed by atoms with Gasteiger partial charge in [0.1, 0.15) is 10.0 Å². The summed E-state index contributed by atoms with van der Waals surface area (Å²) in [7, 11) is -3.38. The Morgan fingerprint density at radius 2 is 2.11 bits per heavy atom. The molecular formula is C19H22FN3O3S2. The average Bonchev–Trinajstić information content (AvgIpc) is 3.36. The van der Waals surface area contributed by atoms with Crippen molar-refractivity contribution >= 4 is 32.3 Å². The summed E-state index contributed by atoms with van der Waals surface area (Å²) in [5.74, 6) is -0.0139. The number of sulfonamides is 1. The quantitative estimate of drug-likeness (QED) is 0.588. The first-order valence-electron chi connectivity index (χ1n) is 9.33. The Morgan fingerprint density at radius 3 is 2.86 bits per heavy atom. The van der Waals surface area contributed by atoms with Gasteiger partial charge in [0.15, 0.2) is 5.58 Å². The zero-order chi connectivity index (χ0) is 19.6. The van der Waals surface area contributed by atoms with Crippen LogP contribution >= 0.6 is 11.3 Å². The Morgan fingerprint density at radius 1 is 1.29 bits per heavy atom. The van der Waals surface area contributed by atoms with Gasteiger partial charge in [0.05, 0.1) is 5.69 Å². The van der Waals surface area contributed by atoms with Crippen LogP contribution in [0.3, 0.4) is 0 Å². The van der Waals surface area contributed by atoms with Gasteiger partial charge in [-0.05, 0) is 62.5 Å². The van der Waals surface area contributed by atoms with Crippen molar-refractivity contribution in [2.75, 3.05) is 26.2 Å². The smallest absolute Gasteiger partial charge is 0.250 e. The van der Waals surface area contributed by atoms with E-state index in [4.69, 9.17) is 4.52 Å². The molecule has 0 spiro atoms. The highest BCUT2D eigenvalue weighted by Crippen LogP contribution is 2.32. The molecule has 1 N–H and O–H groups in total. The summed E-state index contributed by atoms with van der Waals surface area (Å²) in [5, 5.41) is 6.82. The molecule has 2 aromatic heterocycles. The number of nitrogens with zero attached hydrogens (tertiary/aromatic N) is 2. The van der Waals surface area contributed by atoms with E-state index in [2.05, 4.69) is 14.8 Å². The van der Waals surface area contributed by atoms with E-state index in [-0.39, 0.29) is 5.82 Å². The van der Waals surface area contributed by atoms with Crippen LogP contribution in [0.1, 0.15) is 30.9 Å². The highest BCUT2D eigenvalue weighted by molar-refractivity contribution is 7.91. The average molecular weight is 424 g/mol. The molecule has 6 nitrogen and oxygen atoms in total. The van der Waals surface area contributed by atoms with Gasteiger partial charge in [-0.1, -0.05) is 11.2 Å². The molecule has 1 saturated heterocycles. The summed E-state index contributed by atoms with van der Waals surface area (Å²) >= 11 is 1.22. The lowest BCUT2D eigenvalue weighted by Gasteiger charge is -2.31. The topological polar surface area (TPSA) is 75.4 Å². The zero-order valence-electron chi connectivity index (χ0n) is 15.3. The van der Waals surface area contributed by atoms with Crippen LogP contribution in [0.4, 0.5) is 4.39 Å². The summed E-state index contributed by atoms with van der Waals surface area (Å²) in [6, 6.07) is 7.90. The molecule has 0 atom stereocenters. The maximum atomic E-state index is 13.3. The van der Waals surface area contributed by atoms with Crippen molar-refractivity contribution in [2.45, 2.75) is 29.4 Å². The number of rotatable bonds is 7. The van der Waals surface area contributed by atoms with Crippen molar-refractivity contribution in [2.24, 2.45) is 0 Å². The van der Waals surface area contributed by atoms with Crippen LogP contribution in [0.5, 0.6) is 0 Å². The van der Waals surface area contributed by atoms with Crippen LogP contribution in [0.15, 0.2) is 44.4 Å². The molecule has 3 heterocycles. The third-order valence-electron chi connectivity index (χ3n) is 5.14. The molecule has 3 aromatic rings. The third kappa shape index (κ3) is 4.27. The van der Waals surface area contributed by atoms with Crippen molar-refractivity contribution in [3.63, 3.8) is 0 Å². The first-order chi connectivity index (χ1) is 13.5. The lowest BCUT2D eigenvalue weighted by atomic mass is 9.91. The van der Waals surface area contributed by atoms with Gasteiger partial charge >= 0.3 is 0 Å². The number of thiophene rings is 1. The Bertz CT molecular complexity index is 1030. The molecule has 0 radical (unpaired) electrons. The first-order valence-corrected chi connectivity index (χ1v) is 11.7. The van der Waals surface area contributed by atoms with Gasteiger partial charge in [0.2, 0.25) is 10.0 Å². The molecule has 28 heavy (non-hydrogen) atoms. The minimum atomic E-state index is -3.38. The maximum Gasteiger partial charge on any atom is 0.250 e. The SMILES string of the molecule is O=S(=O)(NCCCN1CCC(c2noc3cc(F)ccc23)CC1)c1cccs1. The molecule has 0 unspecified atom stereocenters. The van der Waals surface area contributed by atoms with Crippen LogP contribution in [0, 0.1) is 5.82 Å². The first kappa shape index (κ1) is 19.5. The third-order valence-corrected chi connectivity index (χ3v) is 8.00. The highest BCUT2D eigenvalue weighted by atomic mass is 32.2. The molecule has 9 heteroatoms. The summed E-state index contributed by atoms with van der Waals surface area (Å²) in [5.41, 5.74) is 1.41. The van der Waals surface area contributed by atoms with E-state index >= 15 is 0 Å². The van der Waals surface area contributed by atoms with E-state index in [0.717, 1.165) is 50.0 Å². The predicted molar refractivity (Wildman–Crippen MR) is 107 cm³/mol. The Kier molecular flexibility index (Phi) is 5.77. The maximum absolute atomic E-state index is 13.3. The molecule has 1 aliphatic heterocycles. The van der Waals surface area contributed by atoms with Gasteiger partial charge in [-0.3, -0.25) is 0 Å². The summed E-state index contributed by atoms with van der Waals surface area (Å²) in [6.45, 7) is 3.14. The van der Waals surface area contributed by atoms with Crippen LogP contribution in [0.2, 0.25) is 0 Å². The van der Waals surface area contributed by atoms with E-state index in [9.17, 15) is 12.8 Å². The van der Waals surface area contributed by atoms with Crippen LogP contribution in [-0.2, 0) is 10.0 Å². The normalized spacial score (nSPS) is 16.8. The number of benzene rings is 1. The van der Waals surface area contributed by atoms with Crippen molar-refractivity contribution in [1.29, 1.82) is 0 Å². The van der Waals surface area contributed by atoms with Gasteiger partial charge in [-0.2, -0.15) is 0 Å². The number of aromatic nitrogens is 1. The van der Waals surface area contributed by atoms with Crippen molar-refractivity contribution < 1.29 is 17.3 Å². The molecule has 0 amide bonds. The number of halogens is 1. The number of piperidine rings is 1. The largest absolute Gasteiger partial charge is 0.356 e. The number of fused-ring (bicyclic) bond motifs is 1. The van der Waals surface area contributed by atoms with Crippen molar-refractivity contribution in [3.8, 4) is 0 Å². The van der Waals surface area contributed by atoms with Gasteiger partial charge in [-0.15, -0.1) is 11.3 Å². The molecular weight excluding hydrogens is 401 g/mol. The fraction of sp³-hybridized carbons (Fsp3) is 0.421. The Balaban J connectivity index is 1.24. The van der Waals surface area contributed by atoms with Crippen LogP contribution < -0.4 is 4.72 Å². The number of likely N-dealkylation sites (tertiary alicyclic amines) is 1. The van der Waals surface area contributed by atoms with Crippen molar-refractivity contribution in [1.82, 2.24) is 14.8 Å². The molecule has 4 rings (SSSR count). The fourth-order valence-corrected chi connectivity index (χ4v) is 5.76. The second kappa shape index (κ2) is 8.28. The lowest BCUT2D eigenvalue weighted by Crippen LogP contribution is -2.35. The lowest BCUT2D eigenvalue weighted by molar-refractivity contribution is 0.208. The second-order valence-corrected chi connectivity index (χ2v) is 9.95. The summed E-state index contributed by atoms with van der Waals surface area (Å²) in [4.78, 5) is 2.35. The monoisotopic (exact) mass is 423 g/mol. The molecule has 150 valence electrons. The minimum absolute atomic E-state index is 0.306. The van der Waals surface area contributed by atoms with E-state index in [1.54, 1.807) is 23.6 Å². The molecule has 0 bridgehead atoms. The molecule has 1 fully saturated rings. The molecule has 1 aromatic carbocycles. The van der Waals surface area contributed by atoms with Gasteiger partial charge < -0.3 is 9.42 Å². The number of nitrogens with one attached hydrogen (secondary N) is 1. The molecule has 0 saturated carbocycles. The summed E-state index contributed by atoms with van der Waals surface area (Å²) < 4.78 is 45.8. The molecule has 0 aliphatic carbocycles. The minimum Gasteiger partial charge on any atom is -0.356 e. The summed E-state index contributed by atoms with van der Waals surface area (Å²) in [6.07, 6.45) is 2.68. The fourth-order valence-electron chi connectivity index (χ4n) is 3.65. The van der Waals surface area contributed by atoms with E-state index in [1.165, 1.54) is 23.5 Å². The van der Waals surface area contributed by atoms with E-state index < -0.39 is 10.0 Å². The Hall–Kier alpha value is -1.81. The van der Waals surface area contributed by atoms with E-state index in [0.29, 0.717) is 22.3 Å². The van der Waals surface area contributed by atoms with Gasteiger partial charge in [0, 0.05) is 23.9 Å². The van der Waals surface area contributed by atoms with Crippen LogP contribution in [0.25, 0.3) is 11.0 Å². The van der Waals surface area contributed by atoms with Crippen LogP contribution in [-0.4, -0.2) is 44.7 Å². The Labute approximate surface area is 167 Å². The van der Waals surface area contributed by atoms with Crippen molar-refractivity contribution in [3.05, 3.63) is 47.2 Å². The predicted octanol–water partition coefficient (Wildman–Crippen LogP) is 3.58. The standard InChI is InChI=1S/C19H22FN3O3S2/c20-15-4-5-16-17(13-15)26-22-19(16)14-6-10-23(11-7-14)9-2-8-21-28(24,25)18-3-1-12-27-18/h1,3-5,12-14,21H,2,6-11H2. The number of hydrogen-bond acceptors (Lipinski definition) is 6. The highest BCUT2D eigenvalue weighted by Gasteiger charge is 2.25.